The lowest BCUT2D eigenvalue weighted by atomic mass is 9.89. The zero-order chi connectivity index (χ0) is 16.2. The first-order chi connectivity index (χ1) is 10.2. The Morgan fingerprint density at radius 2 is 1.41 bits per heavy atom. The van der Waals surface area contributed by atoms with Gasteiger partial charge in [0.2, 0.25) is 0 Å². The summed E-state index contributed by atoms with van der Waals surface area (Å²) in [7, 11) is -4.88. The summed E-state index contributed by atoms with van der Waals surface area (Å²) < 4.78 is 22.7. The van der Waals surface area contributed by atoms with Crippen molar-refractivity contribution in [2.75, 3.05) is 26.2 Å². The first-order valence-electron chi connectivity index (χ1n) is 8.72. The lowest BCUT2D eigenvalue weighted by molar-refractivity contribution is -0.235. The summed E-state index contributed by atoms with van der Waals surface area (Å²) in [4.78, 5) is 12.1. The first-order valence-corrected chi connectivity index (χ1v) is 13.5. The molecule has 1 atom stereocenters. The molecule has 2 saturated carbocycles. The summed E-state index contributed by atoms with van der Waals surface area (Å²) in [5, 5.41) is 0. The number of rotatable bonds is 6. The van der Waals surface area contributed by atoms with E-state index in [-0.39, 0.29) is 12.2 Å². The van der Waals surface area contributed by atoms with Crippen molar-refractivity contribution in [1.82, 2.24) is 0 Å². The zero-order valence-corrected chi connectivity index (χ0v) is 16.1. The van der Waals surface area contributed by atoms with Gasteiger partial charge in [0.15, 0.2) is 0 Å². The molecule has 0 bridgehead atoms. The average molecular weight is 350 g/mol. The largest absolute Gasteiger partial charge is 0.756 e. The van der Waals surface area contributed by atoms with Crippen LogP contribution in [0.4, 0.5) is 0 Å². The van der Waals surface area contributed by atoms with Gasteiger partial charge in [-0.15, -0.1) is 0 Å². The molecule has 1 unspecified atom stereocenters. The topological polar surface area (TPSA) is 58.6 Å². The third-order valence-electron chi connectivity index (χ3n) is 4.71. The van der Waals surface area contributed by atoms with Crippen molar-refractivity contribution in [1.29, 1.82) is 0 Å². The van der Waals surface area contributed by atoms with Gasteiger partial charge in [0.05, 0.1) is 18.4 Å². The lowest BCUT2D eigenvalue weighted by Crippen LogP contribution is -2.27. The van der Waals surface area contributed by atoms with Gasteiger partial charge in [0.25, 0.3) is 7.82 Å². The van der Waals surface area contributed by atoms with Crippen LogP contribution in [0.1, 0.15) is 57.8 Å². The van der Waals surface area contributed by atoms with E-state index in [9.17, 15) is 9.46 Å². The molecule has 0 radical (unpaired) electrons. The van der Waals surface area contributed by atoms with Crippen LogP contribution in [0.15, 0.2) is 0 Å². The molecular formula is C16H32O4P2. The van der Waals surface area contributed by atoms with Crippen LogP contribution in [0, 0.1) is 5.92 Å². The smallest absolute Gasteiger partial charge is 0.268 e. The van der Waals surface area contributed by atoms with Gasteiger partial charge in [-0.25, -0.2) is 0 Å². The van der Waals surface area contributed by atoms with Crippen LogP contribution in [-0.4, -0.2) is 38.4 Å². The molecule has 0 saturated heterocycles. The molecular weight excluding hydrogens is 318 g/mol. The van der Waals surface area contributed by atoms with Gasteiger partial charge in [-0.3, -0.25) is 4.57 Å². The van der Waals surface area contributed by atoms with Gasteiger partial charge < -0.3 is 13.9 Å². The van der Waals surface area contributed by atoms with Gasteiger partial charge in [0, 0.05) is 27.3 Å². The Morgan fingerprint density at radius 3 is 1.91 bits per heavy atom. The fourth-order valence-electron chi connectivity index (χ4n) is 3.75. The highest BCUT2D eigenvalue weighted by atomic mass is 31.2. The summed E-state index contributed by atoms with van der Waals surface area (Å²) in [6.45, 7) is 7.12. The lowest BCUT2D eigenvalue weighted by Gasteiger charge is -2.35. The molecule has 130 valence electrons. The van der Waals surface area contributed by atoms with E-state index in [1.165, 1.54) is 12.6 Å². The summed E-state index contributed by atoms with van der Waals surface area (Å²) in [5.74, 6) is 0.749. The molecule has 2 aliphatic carbocycles. The van der Waals surface area contributed by atoms with Crippen molar-refractivity contribution in [3.63, 3.8) is 0 Å². The Morgan fingerprint density at radius 1 is 0.909 bits per heavy atom. The molecule has 0 aliphatic heterocycles. The van der Waals surface area contributed by atoms with Crippen LogP contribution in [-0.2, 0) is 13.6 Å². The minimum atomic E-state index is -4.13. The van der Waals surface area contributed by atoms with E-state index in [0.29, 0.717) is 0 Å². The summed E-state index contributed by atoms with van der Waals surface area (Å²) in [6, 6.07) is 0. The van der Waals surface area contributed by atoms with Gasteiger partial charge in [-0.2, -0.15) is 0 Å². The second-order valence-electron chi connectivity index (χ2n) is 8.03. The van der Waals surface area contributed by atoms with E-state index in [1.54, 1.807) is 0 Å². The van der Waals surface area contributed by atoms with Gasteiger partial charge in [-0.05, 0) is 44.4 Å². The third kappa shape index (κ3) is 6.97. The summed E-state index contributed by atoms with van der Waals surface area (Å²) in [6.07, 6.45) is 9.87. The molecule has 22 heavy (non-hydrogen) atoms. The third-order valence-corrected chi connectivity index (χ3v) is 7.43. The van der Waals surface area contributed by atoms with Crippen LogP contribution >= 0.6 is 15.1 Å². The molecule has 2 rings (SSSR count). The predicted molar refractivity (Wildman–Crippen MR) is 92.0 cm³/mol. The molecule has 2 aliphatic rings. The quantitative estimate of drug-likeness (QED) is 0.671. The molecule has 0 heterocycles. The number of hydrogen-bond acceptors (Lipinski definition) is 4. The maximum atomic E-state index is 12.1. The second kappa shape index (κ2) is 8.08. The zero-order valence-electron chi connectivity index (χ0n) is 14.3. The van der Waals surface area contributed by atoms with E-state index < -0.39 is 15.1 Å². The molecule has 0 aromatic heterocycles. The van der Waals surface area contributed by atoms with Crippen LogP contribution in [0.2, 0.25) is 0 Å². The molecule has 4 nitrogen and oxygen atoms in total. The maximum Gasteiger partial charge on any atom is 0.268 e. The van der Waals surface area contributed by atoms with Gasteiger partial charge in [0.1, 0.15) is 0 Å². The second-order valence-corrected chi connectivity index (χ2v) is 14.3. The summed E-state index contributed by atoms with van der Waals surface area (Å²) >= 11 is 0. The van der Waals surface area contributed by atoms with Crippen molar-refractivity contribution in [3.05, 3.63) is 0 Å². The van der Waals surface area contributed by atoms with Crippen molar-refractivity contribution < 1.29 is 18.5 Å². The van der Waals surface area contributed by atoms with Crippen molar-refractivity contribution in [3.8, 4) is 0 Å². The fraction of sp³-hybridized carbons (Fsp3) is 1.00. The van der Waals surface area contributed by atoms with Crippen molar-refractivity contribution >= 4 is 15.1 Å². The van der Waals surface area contributed by atoms with Crippen LogP contribution in [0.3, 0.4) is 0 Å². The van der Waals surface area contributed by atoms with Gasteiger partial charge in [-0.1, -0.05) is 19.3 Å². The Hall–Kier alpha value is 0.540. The Balaban J connectivity index is 1.73. The SMILES string of the molecule is C[P+](C)(C)CC1CCC(OP(=O)([O-])OC2CCCCC2)CC1. The van der Waals surface area contributed by atoms with E-state index in [0.717, 1.165) is 57.3 Å². The molecule has 0 amide bonds. The highest BCUT2D eigenvalue weighted by Crippen LogP contribution is 2.51. The summed E-state index contributed by atoms with van der Waals surface area (Å²) in [5.41, 5.74) is 0. The highest BCUT2D eigenvalue weighted by Gasteiger charge is 2.31. The Kier molecular flexibility index (Phi) is 6.93. The number of hydrogen-bond donors (Lipinski definition) is 0. The van der Waals surface area contributed by atoms with E-state index >= 15 is 0 Å². The molecule has 0 spiro atoms. The predicted octanol–water partition coefficient (Wildman–Crippen LogP) is 4.29. The van der Waals surface area contributed by atoms with Crippen molar-refractivity contribution in [2.24, 2.45) is 5.92 Å². The van der Waals surface area contributed by atoms with E-state index in [2.05, 4.69) is 20.0 Å². The minimum absolute atomic E-state index is 0.154. The molecule has 0 aromatic rings. The maximum absolute atomic E-state index is 12.1. The van der Waals surface area contributed by atoms with Crippen molar-refractivity contribution in [2.45, 2.75) is 70.0 Å². The van der Waals surface area contributed by atoms with E-state index in [1.807, 2.05) is 0 Å². The van der Waals surface area contributed by atoms with Crippen LogP contribution < -0.4 is 4.89 Å². The molecule has 0 N–H and O–H groups in total. The van der Waals surface area contributed by atoms with Crippen LogP contribution in [0.5, 0.6) is 0 Å². The Labute approximate surface area is 136 Å². The molecule has 6 heteroatoms. The van der Waals surface area contributed by atoms with E-state index in [4.69, 9.17) is 9.05 Å². The average Bonchev–Trinajstić information content (AvgIpc) is 2.39. The standard InChI is InChI=1S/C16H32O4P2/c1-21(2,3)13-14-9-11-16(12-10-14)20-22(17,18)19-15-7-5-4-6-8-15/h14-16H,4-13H2,1-3H3. The minimum Gasteiger partial charge on any atom is -0.756 e. The molecule has 2 fully saturated rings. The normalized spacial score (nSPS) is 30.9. The Bertz CT molecular complexity index is 380. The molecule has 0 aromatic carbocycles. The number of phosphoric ester groups is 1. The number of phosphoric acid groups is 1. The first kappa shape index (κ1) is 18.9. The fourth-order valence-corrected chi connectivity index (χ4v) is 6.87. The monoisotopic (exact) mass is 350 g/mol. The highest BCUT2D eigenvalue weighted by molar-refractivity contribution is 7.73. The van der Waals surface area contributed by atoms with Crippen LogP contribution in [0.25, 0.3) is 0 Å². The van der Waals surface area contributed by atoms with Gasteiger partial charge >= 0.3 is 0 Å².